The Labute approximate surface area is 201 Å². The van der Waals surface area contributed by atoms with Crippen molar-refractivity contribution in [1.82, 2.24) is 0 Å². The Morgan fingerprint density at radius 2 is 1.70 bits per heavy atom. The molecule has 0 aromatic heterocycles. The van der Waals surface area contributed by atoms with Crippen molar-refractivity contribution in [1.29, 1.82) is 0 Å². The van der Waals surface area contributed by atoms with Gasteiger partial charge >= 0.3 is 6.18 Å². The quantitative estimate of drug-likeness (QED) is 0.136. The molecule has 0 aliphatic heterocycles. The highest BCUT2D eigenvalue weighted by Crippen LogP contribution is 2.36. The summed E-state index contributed by atoms with van der Waals surface area (Å²) in [5.74, 6) is 0.141. The molecule has 0 radical (unpaired) electrons. The number of hydrogen-bond acceptors (Lipinski definition) is 5. The minimum absolute atomic E-state index is 0.193. The highest BCUT2D eigenvalue weighted by atomic mass is 79.9. The molecule has 0 saturated carbocycles. The molecular formula is C21H13Br2F4N3O3. The molecule has 0 aliphatic rings. The van der Waals surface area contributed by atoms with Crippen molar-refractivity contribution in [3.63, 3.8) is 0 Å². The predicted octanol–water partition coefficient (Wildman–Crippen LogP) is 7.30. The number of nitrogens with zero attached hydrogens (tertiary/aromatic N) is 2. The Hall–Kier alpha value is -2.99. The maximum absolute atomic E-state index is 13.0. The molecule has 3 aromatic rings. The maximum atomic E-state index is 13.0. The van der Waals surface area contributed by atoms with Crippen LogP contribution in [0.1, 0.15) is 16.7 Å². The van der Waals surface area contributed by atoms with Crippen LogP contribution in [0.2, 0.25) is 0 Å². The third-order valence-electron chi connectivity index (χ3n) is 4.24. The minimum atomic E-state index is -4.70. The Morgan fingerprint density at radius 3 is 2.27 bits per heavy atom. The zero-order chi connectivity index (χ0) is 24.2. The van der Waals surface area contributed by atoms with Gasteiger partial charge in [-0.1, -0.05) is 12.1 Å². The number of nitro groups is 1. The van der Waals surface area contributed by atoms with Gasteiger partial charge in [0.05, 0.1) is 25.6 Å². The number of halogens is 6. The summed E-state index contributed by atoms with van der Waals surface area (Å²) in [4.78, 5) is 10.2. The number of hydrazone groups is 1. The second-order valence-electron chi connectivity index (χ2n) is 6.59. The standard InChI is InChI=1S/C21H13Br2F4N3O3/c22-16-7-13(8-17(23)20(16)33-11-12-1-4-15(24)5-2-12)10-28-29-18-6-3-14(21(25,26)27)9-19(18)30(31)32/h1-10,29H,11H2/b28-10-. The lowest BCUT2D eigenvalue weighted by atomic mass is 10.1. The van der Waals surface area contributed by atoms with Gasteiger partial charge in [0.15, 0.2) is 0 Å². The van der Waals surface area contributed by atoms with Crippen LogP contribution in [0.15, 0.2) is 68.6 Å². The highest BCUT2D eigenvalue weighted by Gasteiger charge is 2.33. The van der Waals surface area contributed by atoms with E-state index in [1.165, 1.54) is 18.3 Å². The molecule has 0 heterocycles. The summed E-state index contributed by atoms with van der Waals surface area (Å²) >= 11 is 6.77. The first-order valence-electron chi connectivity index (χ1n) is 9.05. The first-order chi connectivity index (χ1) is 15.5. The van der Waals surface area contributed by atoms with Crippen LogP contribution in [-0.2, 0) is 12.8 Å². The smallest absolute Gasteiger partial charge is 0.416 e. The maximum Gasteiger partial charge on any atom is 0.416 e. The van der Waals surface area contributed by atoms with Crippen LogP contribution in [0.3, 0.4) is 0 Å². The van der Waals surface area contributed by atoms with Crippen molar-refractivity contribution in [3.8, 4) is 5.75 Å². The van der Waals surface area contributed by atoms with E-state index in [-0.39, 0.29) is 18.1 Å². The van der Waals surface area contributed by atoms with Crippen molar-refractivity contribution >= 4 is 49.4 Å². The summed E-state index contributed by atoms with van der Waals surface area (Å²) < 4.78 is 58.3. The van der Waals surface area contributed by atoms with E-state index in [4.69, 9.17) is 4.74 Å². The number of nitrogens with one attached hydrogen (secondary N) is 1. The Kier molecular flexibility index (Phi) is 7.69. The molecule has 6 nitrogen and oxygen atoms in total. The first kappa shape index (κ1) is 24.6. The molecular weight excluding hydrogens is 578 g/mol. The lowest BCUT2D eigenvalue weighted by Gasteiger charge is -2.11. The van der Waals surface area contributed by atoms with Gasteiger partial charge in [-0.2, -0.15) is 18.3 Å². The number of benzene rings is 3. The zero-order valence-electron chi connectivity index (χ0n) is 16.4. The van der Waals surface area contributed by atoms with Gasteiger partial charge in [0.1, 0.15) is 23.9 Å². The molecule has 0 saturated heterocycles. The normalized spacial score (nSPS) is 11.6. The van der Waals surface area contributed by atoms with Crippen LogP contribution in [0, 0.1) is 15.9 Å². The Morgan fingerprint density at radius 1 is 1.06 bits per heavy atom. The summed E-state index contributed by atoms with van der Waals surface area (Å²) in [6.45, 7) is 0.198. The van der Waals surface area contributed by atoms with E-state index >= 15 is 0 Å². The summed E-state index contributed by atoms with van der Waals surface area (Å²) in [5, 5.41) is 15.0. The van der Waals surface area contributed by atoms with Gasteiger partial charge < -0.3 is 4.74 Å². The van der Waals surface area contributed by atoms with Gasteiger partial charge in [0.25, 0.3) is 5.69 Å². The Balaban J connectivity index is 1.73. The van der Waals surface area contributed by atoms with E-state index in [1.807, 2.05) is 0 Å². The van der Waals surface area contributed by atoms with Crippen molar-refractivity contribution in [2.24, 2.45) is 5.10 Å². The van der Waals surface area contributed by atoms with Crippen LogP contribution in [0.5, 0.6) is 5.75 Å². The SMILES string of the molecule is O=[N+]([O-])c1cc(C(F)(F)F)ccc1N/N=C\c1cc(Br)c(OCc2ccc(F)cc2)c(Br)c1. The van der Waals surface area contributed by atoms with Gasteiger partial charge in [-0.05, 0) is 79.4 Å². The molecule has 0 atom stereocenters. The molecule has 0 amide bonds. The largest absolute Gasteiger partial charge is 0.487 e. The summed E-state index contributed by atoms with van der Waals surface area (Å²) in [6, 6.07) is 11.3. The number of ether oxygens (including phenoxy) is 1. The van der Waals surface area contributed by atoms with Gasteiger partial charge in [-0.3, -0.25) is 15.5 Å². The fourth-order valence-electron chi connectivity index (χ4n) is 2.66. The monoisotopic (exact) mass is 589 g/mol. The van der Waals surface area contributed by atoms with E-state index in [1.54, 1.807) is 24.3 Å². The average Bonchev–Trinajstić information content (AvgIpc) is 2.73. The van der Waals surface area contributed by atoms with Gasteiger partial charge in [0.2, 0.25) is 0 Å². The molecule has 0 bridgehead atoms. The van der Waals surface area contributed by atoms with Crippen LogP contribution >= 0.6 is 31.9 Å². The highest BCUT2D eigenvalue weighted by molar-refractivity contribution is 9.11. The van der Waals surface area contributed by atoms with Crippen molar-refractivity contribution < 1.29 is 27.2 Å². The van der Waals surface area contributed by atoms with E-state index < -0.39 is 22.4 Å². The molecule has 172 valence electrons. The van der Waals surface area contributed by atoms with Crippen LogP contribution < -0.4 is 10.2 Å². The number of alkyl halides is 3. The minimum Gasteiger partial charge on any atom is -0.487 e. The van der Waals surface area contributed by atoms with E-state index in [0.29, 0.717) is 26.3 Å². The summed E-state index contributed by atoms with van der Waals surface area (Å²) in [7, 11) is 0. The second kappa shape index (κ2) is 10.3. The molecule has 0 fully saturated rings. The summed E-state index contributed by atoms with van der Waals surface area (Å²) in [6.07, 6.45) is -3.37. The molecule has 33 heavy (non-hydrogen) atoms. The third-order valence-corrected chi connectivity index (χ3v) is 5.42. The number of anilines is 1. The van der Waals surface area contributed by atoms with E-state index in [9.17, 15) is 27.7 Å². The average molecular weight is 591 g/mol. The zero-order valence-corrected chi connectivity index (χ0v) is 19.5. The number of nitro benzene ring substituents is 1. The molecule has 0 unspecified atom stereocenters. The van der Waals surface area contributed by atoms with Crippen LogP contribution in [-0.4, -0.2) is 11.1 Å². The predicted molar refractivity (Wildman–Crippen MR) is 122 cm³/mol. The van der Waals surface area contributed by atoms with E-state index in [0.717, 1.165) is 17.7 Å². The lowest BCUT2D eigenvalue weighted by molar-refractivity contribution is -0.384. The fraction of sp³-hybridized carbons (Fsp3) is 0.0952. The third kappa shape index (κ3) is 6.51. The lowest BCUT2D eigenvalue weighted by Crippen LogP contribution is -2.06. The van der Waals surface area contributed by atoms with Crippen molar-refractivity contribution in [2.45, 2.75) is 12.8 Å². The van der Waals surface area contributed by atoms with Gasteiger partial charge in [0, 0.05) is 6.07 Å². The van der Waals surface area contributed by atoms with Crippen LogP contribution in [0.25, 0.3) is 0 Å². The second-order valence-corrected chi connectivity index (χ2v) is 8.29. The molecule has 3 aromatic carbocycles. The molecule has 12 heteroatoms. The summed E-state index contributed by atoms with van der Waals surface area (Å²) in [5.41, 5.74) is 1.64. The van der Waals surface area contributed by atoms with Gasteiger partial charge in [-0.25, -0.2) is 4.39 Å². The fourth-order valence-corrected chi connectivity index (χ4v) is 4.11. The topological polar surface area (TPSA) is 76.8 Å². The number of hydrogen-bond donors (Lipinski definition) is 1. The number of rotatable bonds is 7. The molecule has 0 aliphatic carbocycles. The molecule has 1 N–H and O–H groups in total. The van der Waals surface area contributed by atoms with Crippen LogP contribution in [0.4, 0.5) is 28.9 Å². The van der Waals surface area contributed by atoms with E-state index in [2.05, 4.69) is 42.4 Å². The van der Waals surface area contributed by atoms with Crippen molar-refractivity contribution in [2.75, 3.05) is 5.43 Å². The van der Waals surface area contributed by atoms with Gasteiger partial charge in [-0.15, -0.1) is 0 Å². The van der Waals surface area contributed by atoms with Crippen molar-refractivity contribution in [3.05, 3.63) is 96.2 Å². The molecule has 0 spiro atoms. The molecule has 3 rings (SSSR count). The Bertz CT molecular complexity index is 1180. The first-order valence-corrected chi connectivity index (χ1v) is 10.6.